The number of aliphatic hydroxyl groups is 2. The summed E-state index contributed by atoms with van der Waals surface area (Å²) in [5, 5.41) is 23.5. The van der Waals surface area contributed by atoms with E-state index in [1.54, 1.807) is 0 Å². The molecule has 1 amide bonds. The van der Waals surface area contributed by atoms with Crippen molar-refractivity contribution in [2.45, 2.75) is 508 Å². The lowest BCUT2D eigenvalue weighted by Gasteiger charge is -2.22. The maximum Gasteiger partial charge on any atom is 0.305 e. The minimum absolute atomic E-state index is 0.0228. The van der Waals surface area contributed by atoms with Crippen molar-refractivity contribution < 1.29 is 24.5 Å². The van der Waals surface area contributed by atoms with Crippen molar-refractivity contribution in [1.29, 1.82) is 0 Å². The van der Waals surface area contributed by atoms with Gasteiger partial charge in [-0.25, -0.2) is 0 Å². The number of aliphatic hydroxyl groups excluding tert-OH is 2. The van der Waals surface area contributed by atoms with Gasteiger partial charge >= 0.3 is 5.97 Å². The van der Waals surface area contributed by atoms with E-state index < -0.39 is 12.1 Å². The SMILES string of the molecule is CCCCCCCC/C=C\CCCCCCCCCCCC(=O)OCCCCCCCCCCCCCCCCCCCCCCCCCCCCCCCCCCCC(=O)NC(CO)C(O)CCCCCCCCCCCCCCCCCCCCCCCC. The third-order valence-corrected chi connectivity index (χ3v) is 20.3. The van der Waals surface area contributed by atoms with Crippen molar-refractivity contribution in [3.8, 4) is 0 Å². The van der Waals surface area contributed by atoms with Crippen molar-refractivity contribution in [1.82, 2.24) is 5.32 Å². The number of hydrogen-bond acceptors (Lipinski definition) is 5. The van der Waals surface area contributed by atoms with Crippen LogP contribution in [0.3, 0.4) is 0 Å². The van der Waals surface area contributed by atoms with Crippen LogP contribution >= 0.6 is 0 Å². The zero-order chi connectivity index (χ0) is 65.6. The molecule has 0 rings (SSSR count). The van der Waals surface area contributed by atoms with E-state index in [0.717, 1.165) is 38.5 Å². The standard InChI is InChI=1S/C85H167NO5/c1-3-5-7-9-11-13-15-17-19-21-23-24-38-42-45-49-53-57-61-65-69-73-77-83(88)82(81-87)86-84(89)78-74-70-66-62-58-54-50-46-43-39-36-34-32-30-28-26-25-27-29-31-33-35-37-40-44-48-52-56-60-64-68-72-76-80-91-85(90)79-75-71-67-63-59-55-51-47-41-22-20-18-16-14-12-10-8-6-4-2/h18,20,82-83,87-88H,3-17,19,21-81H2,1-2H3,(H,86,89)/b20-18-. The highest BCUT2D eigenvalue weighted by Crippen LogP contribution is 2.21. The van der Waals surface area contributed by atoms with Gasteiger partial charge in [0.25, 0.3) is 0 Å². The maximum absolute atomic E-state index is 12.6. The Balaban J connectivity index is 3.31. The van der Waals surface area contributed by atoms with Gasteiger partial charge < -0.3 is 20.3 Å². The minimum Gasteiger partial charge on any atom is -0.466 e. The summed E-state index contributed by atoms with van der Waals surface area (Å²) in [6.07, 6.45) is 103. The van der Waals surface area contributed by atoms with Crippen molar-refractivity contribution in [3.63, 3.8) is 0 Å². The van der Waals surface area contributed by atoms with E-state index in [9.17, 15) is 19.8 Å². The molecule has 6 heteroatoms. The van der Waals surface area contributed by atoms with Gasteiger partial charge in [-0.3, -0.25) is 9.59 Å². The minimum atomic E-state index is -0.662. The van der Waals surface area contributed by atoms with Crippen LogP contribution in [0, 0.1) is 0 Å². The van der Waals surface area contributed by atoms with Gasteiger partial charge in [0.1, 0.15) is 0 Å². The lowest BCUT2D eigenvalue weighted by molar-refractivity contribution is -0.143. The Hall–Kier alpha value is -1.40. The molecule has 0 radical (unpaired) electrons. The lowest BCUT2D eigenvalue weighted by atomic mass is 10.0. The van der Waals surface area contributed by atoms with Crippen molar-refractivity contribution in [2.24, 2.45) is 0 Å². The van der Waals surface area contributed by atoms with Gasteiger partial charge in [-0.15, -0.1) is 0 Å². The smallest absolute Gasteiger partial charge is 0.305 e. The van der Waals surface area contributed by atoms with E-state index >= 15 is 0 Å². The molecule has 0 fully saturated rings. The molecule has 0 aliphatic carbocycles. The number of nitrogens with one attached hydrogen (secondary N) is 1. The average Bonchev–Trinajstić information content (AvgIpc) is 3.58. The third-order valence-electron chi connectivity index (χ3n) is 20.3. The molecule has 0 saturated heterocycles. The second kappa shape index (κ2) is 81.0. The van der Waals surface area contributed by atoms with Crippen LogP contribution in [0.1, 0.15) is 495 Å². The topological polar surface area (TPSA) is 95.9 Å². The van der Waals surface area contributed by atoms with Crippen LogP contribution in [0.25, 0.3) is 0 Å². The Morgan fingerprint density at radius 1 is 0.297 bits per heavy atom. The first-order valence-corrected chi connectivity index (χ1v) is 42.4. The monoisotopic (exact) mass is 1280 g/mol. The zero-order valence-corrected chi connectivity index (χ0v) is 62.4. The van der Waals surface area contributed by atoms with Crippen molar-refractivity contribution in [2.75, 3.05) is 13.2 Å². The predicted octanol–water partition coefficient (Wildman–Crippen LogP) is 28.2. The maximum atomic E-state index is 12.6. The summed E-state index contributed by atoms with van der Waals surface area (Å²) in [4.78, 5) is 24.7. The van der Waals surface area contributed by atoms with Crippen LogP contribution in [0.4, 0.5) is 0 Å². The largest absolute Gasteiger partial charge is 0.466 e. The number of carbonyl (C=O) groups is 2. The van der Waals surface area contributed by atoms with E-state index in [-0.39, 0.29) is 18.5 Å². The molecule has 0 aromatic carbocycles. The van der Waals surface area contributed by atoms with Crippen LogP contribution in [-0.4, -0.2) is 47.4 Å². The third kappa shape index (κ3) is 77.5. The van der Waals surface area contributed by atoms with Crippen molar-refractivity contribution >= 4 is 11.9 Å². The molecule has 0 aromatic rings. The van der Waals surface area contributed by atoms with Crippen LogP contribution in [0.5, 0.6) is 0 Å². The number of carbonyl (C=O) groups excluding carboxylic acids is 2. The van der Waals surface area contributed by atoms with Crippen LogP contribution < -0.4 is 5.32 Å². The van der Waals surface area contributed by atoms with Gasteiger partial charge in [0, 0.05) is 12.8 Å². The molecule has 0 aliphatic rings. The van der Waals surface area contributed by atoms with Gasteiger partial charge in [-0.2, -0.15) is 0 Å². The molecular weight excluding hydrogens is 1110 g/mol. The number of hydrogen-bond donors (Lipinski definition) is 3. The molecule has 0 saturated carbocycles. The van der Waals surface area contributed by atoms with E-state index in [2.05, 4.69) is 31.3 Å². The average molecular weight is 1280 g/mol. The molecule has 2 unspecified atom stereocenters. The highest BCUT2D eigenvalue weighted by atomic mass is 16.5. The first-order valence-electron chi connectivity index (χ1n) is 42.4. The van der Waals surface area contributed by atoms with Crippen LogP contribution in [0.2, 0.25) is 0 Å². The molecule has 0 aromatic heterocycles. The van der Waals surface area contributed by atoms with E-state index in [1.165, 1.54) is 424 Å². The molecule has 3 N–H and O–H groups in total. The van der Waals surface area contributed by atoms with Gasteiger partial charge in [0.05, 0.1) is 25.4 Å². The molecule has 0 spiro atoms. The second-order valence-corrected chi connectivity index (χ2v) is 29.5. The second-order valence-electron chi connectivity index (χ2n) is 29.5. The summed E-state index contributed by atoms with van der Waals surface area (Å²) in [6.45, 7) is 5.01. The lowest BCUT2D eigenvalue weighted by Crippen LogP contribution is -2.45. The Labute approximate surface area is 571 Å². The van der Waals surface area contributed by atoms with Gasteiger partial charge in [0.15, 0.2) is 0 Å². The van der Waals surface area contributed by atoms with E-state index in [4.69, 9.17) is 4.74 Å². The molecule has 91 heavy (non-hydrogen) atoms. The zero-order valence-electron chi connectivity index (χ0n) is 62.4. The predicted molar refractivity (Wildman–Crippen MR) is 403 cm³/mol. The Morgan fingerprint density at radius 2 is 0.516 bits per heavy atom. The quantitative estimate of drug-likeness (QED) is 0.0320. The molecule has 0 bridgehead atoms. The fourth-order valence-corrected chi connectivity index (χ4v) is 13.9. The summed E-state index contributed by atoms with van der Waals surface area (Å²) < 4.78 is 5.52. The van der Waals surface area contributed by atoms with Gasteiger partial charge in [-0.1, -0.05) is 443 Å². The Morgan fingerprint density at radius 3 is 0.780 bits per heavy atom. The fourth-order valence-electron chi connectivity index (χ4n) is 13.9. The van der Waals surface area contributed by atoms with Gasteiger partial charge in [-0.05, 0) is 51.4 Å². The summed E-state index contributed by atoms with van der Waals surface area (Å²) in [5.41, 5.74) is 0. The number of esters is 1. The van der Waals surface area contributed by atoms with Crippen LogP contribution in [-0.2, 0) is 14.3 Å². The Bertz CT molecular complexity index is 1380. The Kier molecular flexibility index (Phi) is 79.8. The van der Waals surface area contributed by atoms with E-state index in [1.807, 2.05) is 0 Å². The van der Waals surface area contributed by atoms with E-state index in [0.29, 0.717) is 25.9 Å². The highest BCUT2D eigenvalue weighted by Gasteiger charge is 2.20. The number of amides is 1. The molecule has 0 aliphatic heterocycles. The molecule has 2 atom stereocenters. The van der Waals surface area contributed by atoms with Gasteiger partial charge in [0.2, 0.25) is 5.91 Å². The molecular formula is C85H167NO5. The fraction of sp³-hybridized carbons (Fsp3) is 0.953. The number of rotatable bonds is 81. The normalized spacial score (nSPS) is 12.4. The van der Waals surface area contributed by atoms with Crippen molar-refractivity contribution in [3.05, 3.63) is 12.2 Å². The molecule has 542 valence electrons. The van der Waals surface area contributed by atoms with Crippen LogP contribution in [0.15, 0.2) is 12.2 Å². The molecule has 6 nitrogen and oxygen atoms in total. The highest BCUT2D eigenvalue weighted by molar-refractivity contribution is 5.76. The summed E-state index contributed by atoms with van der Waals surface area (Å²) in [5.74, 6) is -0.00110. The number of ether oxygens (including phenoxy) is 1. The molecule has 0 heterocycles. The summed E-state index contributed by atoms with van der Waals surface area (Å²) >= 11 is 0. The number of allylic oxidation sites excluding steroid dienone is 2. The first-order chi connectivity index (χ1) is 45.0. The first kappa shape index (κ1) is 89.6. The number of unbranched alkanes of at least 4 members (excludes halogenated alkanes) is 68. The summed E-state index contributed by atoms with van der Waals surface area (Å²) in [7, 11) is 0. The summed E-state index contributed by atoms with van der Waals surface area (Å²) in [6, 6.07) is -0.538.